The third-order valence-corrected chi connectivity index (χ3v) is 4.75. The number of carbonyl (C=O) groups is 3. The lowest BCUT2D eigenvalue weighted by Crippen LogP contribution is -2.28. The van der Waals surface area contributed by atoms with Crippen LogP contribution in [0.2, 0.25) is 0 Å². The Labute approximate surface area is 157 Å². The molecule has 0 aliphatic carbocycles. The number of pyridine rings is 1. The van der Waals surface area contributed by atoms with Crippen LogP contribution >= 0.6 is 0 Å². The molecule has 1 saturated heterocycles. The summed E-state index contributed by atoms with van der Waals surface area (Å²) in [6.07, 6.45) is 2.02. The average Bonchev–Trinajstić information content (AvgIpc) is 3.17. The number of carbonyl (C=O) groups excluding carboxylic acids is 2. The van der Waals surface area contributed by atoms with Gasteiger partial charge in [-0.05, 0) is 56.5 Å². The second kappa shape index (κ2) is 7.57. The molecule has 1 aromatic carbocycles. The summed E-state index contributed by atoms with van der Waals surface area (Å²) in [7, 11) is 0. The van der Waals surface area contributed by atoms with Crippen LogP contribution in [0, 0.1) is 13.8 Å². The Morgan fingerprint density at radius 1 is 1.04 bits per heavy atom. The molecule has 0 unspecified atom stereocenters. The molecular formula is C20H21N3O4. The van der Waals surface area contributed by atoms with Gasteiger partial charge in [-0.25, -0.2) is 9.78 Å². The molecule has 0 bridgehead atoms. The summed E-state index contributed by atoms with van der Waals surface area (Å²) in [4.78, 5) is 42.2. The molecule has 0 saturated carbocycles. The number of nitrogens with one attached hydrogen (secondary N) is 1. The third kappa shape index (κ3) is 3.81. The third-order valence-electron chi connectivity index (χ3n) is 4.75. The number of aromatic carboxylic acids is 1. The van der Waals surface area contributed by atoms with Gasteiger partial charge in [-0.15, -0.1) is 0 Å². The first-order valence-electron chi connectivity index (χ1n) is 8.79. The van der Waals surface area contributed by atoms with Crippen molar-refractivity contribution >= 4 is 23.5 Å². The van der Waals surface area contributed by atoms with Crippen molar-refractivity contribution in [2.75, 3.05) is 18.4 Å². The van der Waals surface area contributed by atoms with Gasteiger partial charge in [0.25, 0.3) is 11.8 Å². The van der Waals surface area contributed by atoms with E-state index in [2.05, 4.69) is 10.3 Å². The zero-order valence-corrected chi connectivity index (χ0v) is 15.3. The van der Waals surface area contributed by atoms with Crippen molar-refractivity contribution in [3.63, 3.8) is 0 Å². The van der Waals surface area contributed by atoms with E-state index in [0.29, 0.717) is 16.8 Å². The molecular weight excluding hydrogens is 346 g/mol. The van der Waals surface area contributed by atoms with E-state index in [1.807, 2.05) is 4.90 Å². The number of hydrogen-bond donors (Lipinski definition) is 2. The predicted molar refractivity (Wildman–Crippen MR) is 100 cm³/mol. The molecule has 2 aromatic rings. The maximum Gasteiger partial charge on any atom is 0.337 e. The number of benzene rings is 1. The highest BCUT2D eigenvalue weighted by atomic mass is 16.4. The summed E-state index contributed by atoms with van der Waals surface area (Å²) < 4.78 is 0. The first kappa shape index (κ1) is 18.6. The minimum Gasteiger partial charge on any atom is -0.478 e. The quantitative estimate of drug-likeness (QED) is 0.866. The van der Waals surface area contributed by atoms with E-state index in [4.69, 9.17) is 5.11 Å². The molecule has 1 aliphatic heterocycles. The van der Waals surface area contributed by atoms with Crippen LogP contribution in [0.25, 0.3) is 0 Å². The highest BCUT2D eigenvalue weighted by molar-refractivity contribution is 6.05. The van der Waals surface area contributed by atoms with Gasteiger partial charge in [0.05, 0.1) is 11.3 Å². The van der Waals surface area contributed by atoms with Crippen LogP contribution in [-0.4, -0.2) is 45.9 Å². The lowest BCUT2D eigenvalue weighted by atomic mass is 10.1. The van der Waals surface area contributed by atoms with Gasteiger partial charge in [0.15, 0.2) is 0 Å². The van der Waals surface area contributed by atoms with Crippen LogP contribution in [0.5, 0.6) is 0 Å². The van der Waals surface area contributed by atoms with Crippen LogP contribution < -0.4 is 5.32 Å². The SMILES string of the molecule is Cc1nc(C(=O)Nc2cccc(C(=O)N3CCCC3)c2C)ccc1C(=O)O. The van der Waals surface area contributed by atoms with Gasteiger partial charge in [-0.3, -0.25) is 9.59 Å². The first-order chi connectivity index (χ1) is 12.9. The molecule has 140 valence electrons. The monoisotopic (exact) mass is 367 g/mol. The Kier molecular flexibility index (Phi) is 5.21. The summed E-state index contributed by atoms with van der Waals surface area (Å²) in [5, 5.41) is 11.8. The number of carboxylic acid groups (broad SMARTS) is 1. The van der Waals surface area contributed by atoms with Crippen molar-refractivity contribution in [3.8, 4) is 0 Å². The van der Waals surface area contributed by atoms with Gasteiger partial charge in [0.1, 0.15) is 5.69 Å². The van der Waals surface area contributed by atoms with E-state index < -0.39 is 11.9 Å². The highest BCUT2D eigenvalue weighted by Crippen LogP contribution is 2.23. The molecule has 2 N–H and O–H groups in total. The van der Waals surface area contributed by atoms with Crippen molar-refractivity contribution in [1.29, 1.82) is 0 Å². The van der Waals surface area contributed by atoms with E-state index in [1.165, 1.54) is 12.1 Å². The highest BCUT2D eigenvalue weighted by Gasteiger charge is 2.22. The fourth-order valence-electron chi connectivity index (χ4n) is 3.19. The molecule has 2 heterocycles. The molecule has 27 heavy (non-hydrogen) atoms. The summed E-state index contributed by atoms with van der Waals surface area (Å²) in [6.45, 7) is 4.86. The van der Waals surface area contributed by atoms with Crippen molar-refractivity contribution in [2.45, 2.75) is 26.7 Å². The number of carboxylic acids is 1. The van der Waals surface area contributed by atoms with Crippen molar-refractivity contribution in [3.05, 3.63) is 58.4 Å². The second-order valence-corrected chi connectivity index (χ2v) is 6.57. The Hall–Kier alpha value is -3.22. The molecule has 0 spiro atoms. The number of nitrogens with zero attached hydrogens (tertiary/aromatic N) is 2. The summed E-state index contributed by atoms with van der Waals surface area (Å²) in [5.41, 5.74) is 2.24. The van der Waals surface area contributed by atoms with Crippen molar-refractivity contribution in [1.82, 2.24) is 9.88 Å². The van der Waals surface area contributed by atoms with Gasteiger partial charge in [-0.1, -0.05) is 6.07 Å². The Morgan fingerprint density at radius 2 is 1.74 bits per heavy atom. The van der Waals surface area contributed by atoms with Crippen LogP contribution in [0.15, 0.2) is 30.3 Å². The summed E-state index contributed by atoms with van der Waals surface area (Å²) in [6, 6.07) is 7.96. The van der Waals surface area contributed by atoms with Crippen molar-refractivity contribution < 1.29 is 19.5 Å². The summed E-state index contributed by atoms with van der Waals surface area (Å²) >= 11 is 0. The van der Waals surface area contributed by atoms with E-state index in [9.17, 15) is 14.4 Å². The second-order valence-electron chi connectivity index (χ2n) is 6.57. The van der Waals surface area contributed by atoms with E-state index >= 15 is 0 Å². The number of aromatic nitrogens is 1. The lowest BCUT2D eigenvalue weighted by molar-refractivity contribution is 0.0694. The molecule has 1 fully saturated rings. The minimum atomic E-state index is -1.09. The normalized spacial score (nSPS) is 13.5. The van der Waals surface area contributed by atoms with Gasteiger partial charge in [0, 0.05) is 24.3 Å². The number of likely N-dealkylation sites (tertiary alicyclic amines) is 1. The van der Waals surface area contributed by atoms with E-state index in [-0.39, 0.29) is 22.9 Å². The van der Waals surface area contributed by atoms with Crippen LogP contribution in [0.3, 0.4) is 0 Å². The maximum atomic E-state index is 12.7. The van der Waals surface area contributed by atoms with Gasteiger partial charge >= 0.3 is 5.97 Å². The smallest absolute Gasteiger partial charge is 0.337 e. The number of rotatable bonds is 4. The lowest BCUT2D eigenvalue weighted by Gasteiger charge is -2.18. The van der Waals surface area contributed by atoms with Crippen molar-refractivity contribution in [2.24, 2.45) is 0 Å². The molecule has 0 radical (unpaired) electrons. The fraction of sp³-hybridized carbons (Fsp3) is 0.300. The largest absolute Gasteiger partial charge is 0.478 e. The number of aryl methyl sites for hydroxylation is 1. The number of amides is 2. The predicted octanol–water partition coefficient (Wildman–Crippen LogP) is 2.88. The zero-order chi connectivity index (χ0) is 19.6. The fourth-order valence-corrected chi connectivity index (χ4v) is 3.19. The molecule has 2 amide bonds. The molecule has 7 heteroatoms. The van der Waals surface area contributed by atoms with Gasteiger partial charge < -0.3 is 15.3 Å². The standard InChI is InChI=1S/C20H21N3O4/c1-12-14(19(25)23-10-3-4-11-23)6-5-7-16(12)22-18(24)17-9-8-15(20(26)27)13(2)21-17/h5-9H,3-4,10-11H2,1-2H3,(H,22,24)(H,26,27). The Balaban J connectivity index is 1.82. The zero-order valence-electron chi connectivity index (χ0n) is 15.3. The maximum absolute atomic E-state index is 12.7. The molecule has 0 atom stereocenters. The van der Waals surface area contributed by atoms with Crippen LogP contribution in [-0.2, 0) is 0 Å². The van der Waals surface area contributed by atoms with Crippen LogP contribution in [0.4, 0.5) is 5.69 Å². The molecule has 3 rings (SSSR count). The molecule has 1 aliphatic rings. The molecule has 1 aromatic heterocycles. The van der Waals surface area contributed by atoms with E-state index in [1.54, 1.807) is 32.0 Å². The number of anilines is 1. The van der Waals surface area contributed by atoms with E-state index in [0.717, 1.165) is 25.9 Å². The molecule has 7 nitrogen and oxygen atoms in total. The Bertz CT molecular complexity index is 917. The van der Waals surface area contributed by atoms with Crippen LogP contribution in [0.1, 0.15) is 55.3 Å². The average molecular weight is 367 g/mol. The minimum absolute atomic E-state index is 0.0270. The summed E-state index contributed by atoms with van der Waals surface area (Å²) in [5.74, 6) is -1.57. The number of hydrogen-bond acceptors (Lipinski definition) is 4. The topological polar surface area (TPSA) is 99.6 Å². The van der Waals surface area contributed by atoms with Gasteiger partial charge in [0.2, 0.25) is 0 Å². The van der Waals surface area contributed by atoms with Gasteiger partial charge in [-0.2, -0.15) is 0 Å². The Morgan fingerprint density at radius 3 is 2.37 bits per heavy atom. The first-order valence-corrected chi connectivity index (χ1v) is 8.79.